The van der Waals surface area contributed by atoms with E-state index >= 15 is 0 Å². The van der Waals surface area contributed by atoms with Crippen molar-refractivity contribution in [3.63, 3.8) is 0 Å². The maximum absolute atomic E-state index is 13.9. The smallest absolute Gasteiger partial charge is 0.336 e. The summed E-state index contributed by atoms with van der Waals surface area (Å²) in [6.45, 7) is -0.390. The Kier molecular flexibility index (Phi) is 5.33. The van der Waals surface area contributed by atoms with Crippen LogP contribution >= 0.6 is 0 Å². The minimum Gasteiger partial charge on any atom is -0.336 e. The summed E-state index contributed by atoms with van der Waals surface area (Å²) in [4.78, 5) is 12.1. The molecule has 0 aromatic heterocycles. The van der Waals surface area contributed by atoms with Gasteiger partial charge in [0.2, 0.25) is 0 Å². The van der Waals surface area contributed by atoms with Gasteiger partial charge in [0.1, 0.15) is 0 Å². The van der Waals surface area contributed by atoms with E-state index in [2.05, 4.69) is 0 Å². The number of likely N-dealkylation sites (tertiary alicyclic amines) is 1. The van der Waals surface area contributed by atoms with Crippen LogP contribution in [0.1, 0.15) is 19.3 Å². The molecule has 0 aliphatic carbocycles. The molecule has 0 saturated carbocycles. The highest BCUT2D eigenvalue weighted by atomic mass is 32.3. The van der Waals surface area contributed by atoms with Gasteiger partial charge in [-0.15, -0.1) is 0 Å². The zero-order valence-corrected chi connectivity index (χ0v) is 13.3. The molecule has 0 bridgehead atoms. The maximum Gasteiger partial charge on any atom is 0.512 e. The van der Waals surface area contributed by atoms with Crippen LogP contribution in [0.5, 0.6) is 0 Å². The zero-order valence-electron chi connectivity index (χ0n) is 11.7. The van der Waals surface area contributed by atoms with Crippen LogP contribution in [0.2, 0.25) is 0 Å². The Balaban J connectivity index is 3.22. The normalized spacial score (nSPS) is 18.3. The lowest BCUT2D eigenvalue weighted by Gasteiger charge is -2.31. The van der Waals surface area contributed by atoms with Crippen molar-refractivity contribution >= 4 is 26.0 Å². The van der Waals surface area contributed by atoms with Gasteiger partial charge in [0.05, 0.1) is 0 Å². The van der Waals surface area contributed by atoms with E-state index in [1.54, 1.807) is 0 Å². The topological polar surface area (TPSA) is 91.8 Å². The second-order valence-corrected chi connectivity index (χ2v) is 8.91. The van der Waals surface area contributed by atoms with Crippen molar-refractivity contribution in [1.29, 1.82) is 0 Å². The molecule has 14 heteroatoms. The molecule has 0 atom stereocenters. The Morgan fingerprint density at radius 3 is 1.74 bits per heavy atom. The third-order valence-electron chi connectivity index (χ3n) is 3.19. The van der Waals surface area contributed by atoms with Gasteiger partial charge >= 0.3 is 36.7 Å². The summed E-state index contributed by atoms with van der Waals surface area (Å²) in [6.07, 6.45) is 1.25. The van der Waals surface area contributed by atoms with Gasteiger partial charge in [-0.2, -0.15) is 22.0 Å². The predicted molar refractivity (Wildman–Crippen MR) is 67.0 cm³/mol. The van der Waals surface area contributed by atoms with Crippen LogP contribution in [0.4, 0.5) is 22.0 Å². The summed E-state index contributed by atoms with van der Waals surface area (Å²) < 4.78 is 108. The van der Waals surface area contributed by atoms with Crippen LogP contribution in [0.15, 0.2) is 0 Å². The van der Waals surface area contributed by atoms with Gasteiger partial charge in [-0.3, -0.25) is 4.79 Å². The van der Waals surface area contributed by atoms with Crippen molar-refractivity contribution in [2.45, 2.75) is 30.0 Å². The molecule has 0 N–H and O–H groups in total. The van der Waals surface area contributed by atoms with Crippen LogP contribution in [0.3, 0.4) is 0 Å². The average molecular weight is 388 g/mol. The monoisotopic (exact) mass is 388 g/mol. The lowest BCUT2D eigenvalue weighted by molar-refractivity contribution is -0.148. The predicted octanol–water partition coefficient (Wildman–Crippen LogP) is 0.703. The molecule has 0 unspecified atom stereocenters. The fourth-order valence-electron chi connectivity index (χ4n) is 1.83. The first kappa shape index (κ1) is 20.0. The number of carbonyl (C=O) groups is 1. The zero-order chi connectivity index (χ0) is 18.3. The molecule has 1 aliphatic heterocycles. The van der Waals surface area contributed by atoms with E-state index in [1.807, 2.05) is 0 Å². The van der Waals surface area contributed by atoms with Gasteiger partial charge < -0.3 is 4.90 Å². The van der Waals surface area contributed by atoms with Crippen molar-refractivity contribution in [2.75, 3.05) is 20.1 Å². The molecule has 1 amide bonds. The highest BCUT2D eigenvalue weighted by Gasteiger charge is 2.63. The number of nitrogens with zero attached hydrogens (tertiary/aromatic N) is 2. The average Bonchev–Trinajstić information content (AvgIpc) is 2.44. The van der Waals surface area contributed by atoms with E-state index in [0.29, 0.717) is 24.2 Å². The number of piperidine rings is 1. The minimum atomic E-state index is -6.59. The van der Waals surface area contributed by atoms with Crippen molar-refractivity contribution in [3.05, 3.63) is 0 Å². The van der Waals surface area contributed by atoms with Gasteiger partial charge in [0, 0.05) is 20.1 Å². The molecule has 0 aromatic rings. The summed E-state index contributed by atoms with van der Waals surface area (Å²) >= 11 is 0. The van der Waals surface area contributed by atoms with Crippen LogP contribution in [0, 0.1) is 0 Å². The first-order chi connectivity index (χ1) is 10.2. The number of alkyl halides is 5. The van der Waals surface area contributed by atoms with Crippen LogP contribution in [-0.4, -0.2) is 62.3 Å². The van der Waals surface area contributed by atoms with E-state index in [0.717, 1.165) is 0 Å². The molecule has 23 heavy (non-hydrogen) atoms. The SMILES string of the molecule is CN(S(=O)(=O)C(F)(F)F)S(=O)(=O)C(F)(F)C(=O)N1CCCCC1. The Morgan fingerprint density at radius 2 is 1.35 bits per heavy atom. The van der Waals surface area contributed by atoms with E-state index < -0.39 is 40.4 Å². The lowest BCUT2D eigenvalue weighted by Crippen LogP contribution is -2.56. The van der Waals surface area contributed by atoms with Crippen molar-refractivity contribution in [3.8, 4) is 0 Å². The van der Waals surface area contributed by atoms with Crippen molar-refractivity contribution in [1.82, 2.24) is 8.61 Å². The lowest BCUT2D eigenvalue weighted by atomic mass is 10.1. The van der Waals surface area contributed by atoms with Gasteiger partial charge in [-0.05, 0) is 19.3 Å². The molecule has 0 radical (unpaired) electrons. The first-order valence-electron chi connectivity index (χ1n) is 6.14. The second-order valence-electron chi connectivity index (χ2n) is 4.71. The fraction of sp³-hybridized carbons (Fsp3) is 0.889. The summed E-state index contributed by atoms with van der Waals surface area (Å²) in [6, 6.07) is 0. The molecule has 0 spiro atoms. The number of sulfonamides is 2. The molecule has 0 aromatic carbocycles. The summed E-state index contributed by atoms with van der Waals surface area (Å²) in [5, 5.41) is -5.34. The van der Waals surface area contributed by atoms with Crippen LogP contribution in [0.25, 0.3) is 0 Å². The van der Waals surface area contributed by atoms with E-state index in [9.17, 15) is 43.6 Å². The standard InChI is InChI=1S/C9H13F5N2O5S2/c1-15(23(20,21)9(12,13)14)22(18,19)8(10,11)7(17)16-5-3-2-4-6-16/h2-6H2,1H3. The Morgan fingerprint density at radius 1 is 0.913 bits per heavy atom. The largest absolute Gasteiger partial charge is 0.512 e. The molecule has 1 rings (SSSR count). The van der Waals surface area contributed by atoms with Gasteiger partial charge in [0.15, 0.2) is 0 Å². The number of rotatable bonds is 4. The Labute approximate surface area is 129 Å². The Hall–Kier alpha value is -1.02. The number of hydrogen-bond donors (Lipinski definition) is 0. The minimum absolute atomic E-state index is 0.195. The molecule has 1 heterocycles. The van der Waals surface area contributed by atoms with E-state index in [4.69, 9.17) is 0 Å². The quantitative estimate of drug-likeness (QED) is 0.662. The van der Waals surface area contributed by atoms with Gasteiger partial charge in [0.25, 0.3) is 0 Å². The molecule has 1 fully saturated rings. The second kappa shape index (κ2) is 6.12. The van der Waals surface area contributed by atoms with Gasteiger partial charge in [-0.25, -0.2) is 16.8 Å². The fourth-order valence-corrected chi connectivity index (χ4v) is 4.36. The molecule has 136 valence electrons. The van der Waals surface area contributed by atoms with Crippen LogP contribution < -0.4 is 0 Å². The van der Waals surface area contributed by atoms with E-state index in [-0.39, 0.29) is 20.1 Å². The van der Waals surface area contributed by atoms with Crippen molar-refractivity contribution in [2.24, 2.45) is 0 Å². The number of hydrogen-bond acceptors (Lipinski definition) is 5. The summed E-state index contributed by atoms with van der Waals surface area (Å²) in [5.41, 5.74) is -6.11. The first-order valence-corrected chi connectivity index (χ1v) is 9.02. The summed E-state index contributed by atoms with van der Waals surface area (Å²) in [5.74, 6) is -2.25. The van der Waals surface area contributed by atoms with Crippen LogP contribution in [-0.2, 0) is 24.8 Å². The molecular weight excluding hydrogens is 375 g/mol. The highest BCUT2D eigenvalue weighted by molar-refractivity contribution is 8.05. The molecular formula is C9H13F5N2O5S2. The number of carbonyl (C=O) groups excluding carboxylic acids is 1. The maximum atomic E-state index is 13.9. The molecule has 1 saturated heterocycles. The van der Waals surface area contributed by atoms with Gasteiger partial charge in [-0.1, -0.05) is 3.71 Å². The third kappa shape index (κ3) is 3.42. The van der Waals surface area contributed by atoms with E-state index in [1.165, 1.54) is 0 Å². The summed E-state index contributed by atoms with van der Waals surface area (Å²) in [7, 11) is -13.2. The van der Waals surface area contributed by atoms with Crippen molar-refractivity contribution < 1.29 is 43.6 Å². The molecule has 7 nitrogen and oxygen atoms in total. The highest BCUT2D eigenvalue weighted by Crippen LogP contribution is 2.34. The Bertz CT molecular complexity index is 667. The number of amides is 1. The number of halogens is 5. The molecule has 1 aliphatic rings. The third-order valence-corrected chi connectivity index (χ3v) is 7.12.